The van der Waals surface area contributed by atoms with Gasteiger partial charge >= 0.3 is 0 Å². The summed E-state index contributed by atoms with van der Waals surface area (Å²) in [4.78, 5) is 29.1. The van der Waals surface area contributed by atoms with Crippen LogP contribution in [0.25, 0.3) is 21.3 Å². The maximum Gasteiger partial charge on any atom is 0.263 e. The number of aryl methyl sites for hydroxylation is 2. The van der Waals surface area contributed by atoms with Crippen LogP contribution in [0.5, 0.6) is 0 Å². The lowest BCUT2D eigenvalue weighted by Gasteiger charge is -2.18. The molecule has 0 spiro atoms. The van der Waals surface area contributed by atoms with E-state index in [1.54, 1.807) is 6.92 Å². The molecule has 0 aliphatic carbocycles. The zero-order valence-electron chi connectivity index (χ0n) is 13.7. The molecule has 0 saturated carbocycles. The first-order chi connectivity index (χ1) is 11.4. The van der Waals surface area contributed by atoms with Gasteiger partial charge in [-0.2, -0.15) is 0 Å². The first-order valence-electron chi connectivity index (χ1n) is 7.70. The third-order valence-corrected chi connectivity index (χ3v) is 5.22. The number of aliphatic carboxylic acids is 1. The average molecular weight is 341 g/mol. The second kappa shape index (κ2) is 6.20. The van der Waals surface area contributed by atoms with E-state index in [2.05, 4.69) is 4.98 Å². The predicted molar refractivity (Wildman–Crippen MR) is 93.1 cm³/mol. The maximum atomic E-state index is 12.9. The van der Waals surface area contributed by atoms with Crippen LogP contribution in [-0.4, -0.2) is 15.5 Å². The smallest absolute Gasteiger partial charge is 0.263 e. The van der Waals surface area contributed by atoms with Crippen molar-refractivity contribution in [2.45, 2.75) is 33.2 Å². The van der Waals surface area contributed by atoms with E-state index in [4.69, 9.17) is 0 Å². The summed E-state index contributed by atoms with van der Waals surface area (Å²) in [5.41, 5.74) is 3.69. The number of hydrogen-bond acceptors (Lipinski definition) is 5. The lowest BCUT2D eigenvalue weighted by Crippen LogP contribution is -2.37. The number of fused-ring (bicyclic) bond motifs is 1. The van der Waals surface area contributed by atoms with Gasteiger partial charge in [-0.3, -0.25) is 9.36 Å². The molecule has 5 nitrogen and oxygen atoms in total. The molecule has 0 amide bonds. The van der Waals surface area contributed by atoms with Crippen molar-refractivity contribution in [2.24, 2.45) is 0 Å². The van der Waals surface area contributed by atoms with Crippen LogP contribution in [0.15, 0.2) is 34.7 Å². The van der Waals surface area contributed by atoms with Crippen molar-refractivity contribution >= 4 is 27.5 Å². The van der Waals surface area contributed by atoms with E-state index in [0.717, 1.165) is 21.3 Å². The van der Waals surface area contributed by atoms with Gasteiger partial charge in [0.1, 0.15) is 4.83 Å². The summed E-state index contributed by atoms with van der Waals surface area (Å²) >= 11 is 1.38. The molecular formula is C18H17N2O3S-. The number of benzene rings is 1. The molecule has 0 aliphatic rings. The van der Waals surface area contributed by atoms with Crippen LogP contribution in [0.2, 0.25) is 0 Å². The van der Waals surface area contributed by atoms with Crippen molar-refractivity contribution in [1.82, 2.24) is 9.55 Å². The second-order valence-electron chi connectivity index (χ2n) is 5.83. The van der Waals surface area contributed by atoms with Gasteiger partial charge in [-0.15, -0.1) is 11.3 Å². The quantitative estimate of drug-likeness (QED) is 0.730. The summed E-state index contributed by atoms with van der Waals surface area (Å²) in [5, 5.41) is 13.7. The van der Waals surface area contributed by atoms with E-state index in [9.17, 15) is 14.7 Å². The summed E-state index contributed by atoms with van der Waals surface area (Å²) in [7, 11) is 0. The number of aromatic nitrogens is 2. The number of carbonyl (C=O) groups excluding carboxylic acids is 1. The molecule has 0 radical (unpaired) electrons. The zero-order chi connectivity index (χ0) is 17.4. The van der Waals surface area contributed by atoms with Crippen molar-refractivity contribution in [3.8, 4) is 11.1 Å². The van der Waals surface area contributed by atoms with Crippen LogP contribution in [0.3, 0.4) is 0 Å². The van der Waals surface area contributed by atoms with Crippen molar-refractivity contribution in [3.05, 3.63) is 51.4 Å². The normalized spacial score (nSPS) is 12.5. The first-order valence-corrected chi connectivity index (χ1v) is 8.58. The molecule has 1 aromatic carbocycles. The Morgan fingerprint density at radius 1 is 1.33 bits per heavy atom. The molecule has 124 valence electrons. The monoisotopic (exact) mass is 341 g/mol. The van der Waals surface area contributed by atoms with Gasteiger partial charge in [-0.1, -0.05) is 25.1 Å². The van der Waals surface area contributed by atoms with E-state index in [-0.39, 0.29) is 12.0 Å². The minimum absolute atomic E-state index is 0.262. The average Bonchev–Trinajstić information content (AvgIpc) is 2.97. The Bertz CT molecular complexity index is 988. The molecule has 0 unspecified atom stereocenters. The Kier molecular flexibility index (Phi) is 4.24. The minimum Gasteiger partial charge on any atom is -0.548 e. The van der Waals surface area contributed by atoms with Crippen molar-refractivity contribution in [1.29, 1.82) is 0 Å². The fraction of sp³-hybridized carbons (Fsp3) is 0.278. The topological polar surface area (TPSA) is 75.0 Å². The Morgan fingerprint density at radius 3 is 2.71 bits per heavy atom. The van der Waals surface area contributed by atoms with Crippen LogP contribution in [-0.2, 0) is 4.79 Å². The van der Waals surface area contributed by atoms with Gasteiger partial charge in [-0.05, 0) is 37.0 Å². The van der Waals surface area contributed by atoms with E-state index < -0.39 is 12.0 Å². The van der Waals surface area contributed by atoms with E-state index >= 15 is 0 Å². The number of carboxylic acid groups (broad SMARTS) is 1. The van der Waals surface area contributed by atoms with Gasteiger partial charge in [0, 0.05) is 10.9 Å². The molecule has 0 fully saturated rings. The Balaban J connectivity index is 2.26. The third-order valence-electron chi connectivity index (χ3n) is 4.33. The molecule has 2 heterocycles. The van der Waals surface area contributed by atoms with Gasteiger partial charge in [-0.25, -0.2) is 4.98 Å². The van der Waals surface area contributed by atoms with Crippen LogP contribution in [0.4, 0.5) is 0 Å². The summed E-state index contributed by atoms with van der Waals surface area (Å²) in [5.74, 6) is -1.27. The molecule has 0 saturated heterocycles. The summed E-state index contributed by atoms with van der Waals surface area (Å²) in [6.07, 6.45) is 1.56. The SMILES string of the molecule is CC[C@H](C(=O)[O-])n1cnc2scc(-c3ccc(C)c(C)c3)c2c1=O. The van der Waals surface area contributed by atoms with Crippen molar-refractivity contribution in [3.63, 3.8) is 0 Å². The molecule has 3 aromatic rings. The molecule has 6 heteroatoms. The minimum atomic E-state index is -1.27. The standard InChI is InChI=1S/C18H18N2O3S/c1-4-14(18(22)23)20-9-19-16-15(17(20)21)13(8-24-16)12-6-5-10(2)11(3)7-12/h5-9,14H,4H2,1-3H3,(H,22,23)/p-1/t14-/m1/s1. The highest BCUT2D eigenvalue weighted by molar-refractivity contribution is 7.17. The number of hydrogen-bond donors (Lipinski definition) is 0. The molecule has 24 heavy (non-hydrogen) atoms. The number of thiophene rings is 1. The van der Waals surface area contributed by atoms with Crippen LogP contribution in [0.1, 0.15) is 30.5 Å². The highest BCUT2D eigenvalue weighted by Gasteiger charge is 2.18. The molecule has 1 atom stereocenters. The van der Waals surface area contributed by atoms with E-state index in [0.29, 0.717) is 10.2 Å². The lowest BCUT2D eigenvalue weighted by atomic mass is 10.0. The Labute approximate surface area is 143 Å². The van der Waals surface area contributed by atoms with Crippen LogP contribution in [0, 0.1) is 13.8 Å². The summed E-state index contributed by atoms with van der Waals surface area (Å²) in [6.45, 7) is 5.76. The molecule has 0 N–H and O–H groups in total. The number of rotatable bonds is 4. The number of carboxylic acids is 1. The molecule has 3 rings (SSSR count). The molecule has 2 aromatic heterocycles. The summed E-state index contributed by atoms with van der Waals surface area (Å²) in [6, 6.07) is 5.00. The highest BCUT2D eigenvalue weighted by atomic mass is 32.1. The number of carbonyl (C=O) groups is 1. The van der Waals surface area contributed by atoms with E-state index in [1.165, 1.54) is 23.2 Å². The predicted octanol–water partition coefficient (Wildman–Crippen LogP) is 2.44. The molecule has 0 aliphatic heterocycles. The van der Waals surface area contributed by atoms with Gasteiger partial charge in [0.15, 0.2) is 0 Å². The first kappa shape index (κ1) is 16.4. The molecule has 0 bridgehead atoms. The van der Waals surface area contributed by atoms with Crippen LogP contribution < -0.4 is 10.7 Å². The van der Waals surface area contributed by atoms with Gasteiger partial charge in [0.2, 0.25) is 0 Å². The second-order valence-corrected chi connectivity index (χ2v) is 6.69. The Morgan fingerprint density at radius 2 is 2.08 bits per heavy atom. The van der Waals surface area contributed by atoms with Gasteiger partial charge < -0.3 is 9.90 Å². The van der Waals surface area contributed by atoms with Gasteiger partial charge in [0.05, 0.1) is 23.7 Å². The fourth-order valence-electron chi connectivity index (χ4n) is 2.77. The van der Waals surface area contributed by atoms with Crippen molar-refractivity contribution < 1.29 is 9.90 Å². The highest BCUT2D eigenvalue weighted by Crippen LogP contribution is 2.32. The van der Waals surface area contributed by atoms with Gasteiger partial charge in [0.25, 0.3) is 5.56 Å². The molecular weight excluding hydrogens is 324 g/mol. The zero-order valence-corrected chi connectivity index (χ0v) is 14.5. The number of nitrogens with zero attached hydrogens (tertiary/aromatic N) is 2. The third kappa shape index (κ3) is 2.63. The fourth-order valence-corrected chi connectivity index (χ4v) is 3.67. The summed E-state index contributed by atoms with van der Waals surface area (Å²) < 4.78 is 1.16. The van der Waals surface area contributed by atoms with Crippen LogP contribution >= 0.6 is 11.3 Å². The van der Waals surface area contributed by atoms with Crippen molar-refractivity contribution in [2.75, 3.05) is 0 Å². The van der Waals surface area contributed by atoms with E-state index in [1.807, 2.05) is 37.4 Å². The largest absolute Gasteiger partial charge is 0.548 e. The maximum absolute atomic E-state index is 12.9. The Hall–Kier alpha value is -2.47. The lowest BCUT2D eigenvalue weighted by molar-refractivity contribution is -0.310.